The highest BCUT2D eigenvalue weighted by atomic mass is 16.2. The number of hydrogen-bond acceptors (Lipinski definition) is 2. The third kappa shape index (κ3) is 1.73. The predicted molar refractivity (Wildman–Crippen MR) is 59.6 cm³/mol. The number of nitrogens with one attached hydrogen (secondary N) is 2. The van der Waals surface area contributed by atoms with Crippen LogP contribution in [0.4, 0.5) is 0 Å². The maximum atomic E-state index is 11.9. The van der Waals surface area contributed by atoms with Crippen LogP contribution in [0.1, 0.15) is 39.0 Å². The number of hydrogen-bond donors (Lipinski definition) is 2. The fourth-order valence-corrected chi connectivity index (χ4v) is 2.71. The Labute approximate surface area is 90.5 Å². The maximum absolute atomic E-state index is 11.9. The Morgan fingerprint density at radius 1 is 1.60 bits per heavy atom. The van der Waals surface area contributed by atoms with Crippen molar-refractivity contribution in [3.8, 4) is 0 Å². The number of carbonyl (C=O) groups excluding carboxylic acids is 1. The Balaban J connectivity index is 2.16. The van der Waals surface area contributed by atoms with Crippen molar-refractivity contribution in [2.24, 2.45) is 10.9 Å². The summed E-state index contributed by atoms with van der Waals surface area (Å²) in [5.41, 5.74) is -0.353. The molecule has 0 aromatic heterocycles. The summed E-state index contributed by atoms with van der Waals surface area (Å²) in [4.78, 5) is 15.9. The first-order valence-electron chi connectivity index (χ1n) is 5.76. The van der Waals surface area contributed by atoms with Crippen molar-refractivity contribution < 1.29 is 4.79 Å². The van der Waals surface area contributed by atoms with Crippen LogP contribution in [-0.4, -0.2) is 24.5 Å². The van der Waals surface area contributed by atoms with Gasteiger partial charge in [-0.15, -0.1) is 0 Å². The molecule has 2 aliphatic rings. The van der Waals surface area contributed by atoms with Gasteiger partial charge in [-0.2, -0.15) is 0 Å². The summed E-state index contributed by atoms with van der Waals surface area (Å²) >= 11 is 0. The topological polar surface area (TPSA) is 53.5 Å². The Morgan fingerprint density at radius 2 is 2.40 bits per heavy atom. The molecule has 1 aliphatic carbocycles. The van der Waals surface area contributed by atoms with E-state index in [0.29, 0.717) is 11.9 Å². The zero-order valence-electron chi connectivity index (χ0n) is 9.47. The molecule has 2 N–H and O–H groups in total. The van der Waals surface area contributed by atoms with Crippen molar-refractivity contribution in [1.29, 1.82) is 0 Å². The second-order valence-electron chi connectivity index (χ2n) is 4.60. The van der Waals surface area contributed by atoms with Gasteiger partial charge in [0.15, 0.2) is 5.96 Å². The van der Waals surface area contributed by atoms with Gasteiger partial charge in [-0.1, -0.05) is 26.2 Å². The standard InChI is InChI=1S/C11H19N3O/c1-3-8-5-4-6-11(7-8)9(15)13-10(12-2)14-11/h8H,3-7H2,1-2H3,(H2,12,13,14,15). The van der Waals surface area contributed by atoms with Gasteiger partial charge >= 0.3 is 0 Å². The van der Waals surface area contributed by atoms with Crippen LogP contribution in [0.25, 0.3) is 0 Å². The lowest BCUT2D eigenvalue weighted by Crippen LogP contribution is -2.50. The van der Waals surface area contributed by atoms with E-state index in [9.17, 15) is 4.79 Å². The summed E-state index contributed by atoms with van der Waals surface area (Å²) in [5.74, 6) is 1.42. The third-order valence-corrected chi connectivity index (χ3v) is 3.68. The van der Waals surface area contributed by atoms with Gasteiger partial charge < -0.3 is 5.32 Å². The summed E-state index contributed by atoms with van der Waals surface area (Å²) in [5, 5.41) is 6.07. The Kier molecular flexibility index (Phi) is 2.67. The van der Waals surface area contributed by atoms with E-state index in [1.807, 2.05) is 0 Å². The average molecular weight is 209 g/mol. The fourth-order valence-electron chi connectivity index (χ4n) is 2.71. The highest BCUT2D eigenvalue weighted by molar-refractivity contribution is 6.09. The molecule has 4 nitrogen and oxygen atoms in total. The number of aliphatic imine (C=N–C) groups is 1. The Bertz CT molecular complexity index is 300. The number of carbonyl (C=O) groups is 1. The van der Waals surface area contributed by atoms with Crippen molar-refractivity contribution in [1.82, 2.24) is 10.6 Å². The molecule has 0 aromatic carbocycles. The van der Waals surface area contributed by atoms with Crippen molar-refractivity contribution in [3.63, 3.8) is 0 Å². The lowest BCUT2D eigenvalue weighted by molar-refractivity contribution is -0.125. The van der Waals surface area contributed by atoms with E-state index >= 15 is 0 Å². The van der Waals surface area contributed by atoms with Crippen LogP contribution in [0.5, 0.6) is 0 Å². The maximum Gasteiger partial charge on any atom is 0.252 e. The van der Waals surface area contributed by atoms with Gasteiger partial charge in [0, 0.05) is 7.05 Å². The number of rotatable bonds is 1. The first-order valence-corrected chi connectivity index (χ1v) is 5.76. The normalized spacial score (nSPS) is 38.1. The van der Waals surface area contributed by atoms with E-state index in [-0.39, 0.29) is 11.4 Å². The fraction of sp³-hybridized carbons (Fsp3) is 0.818. The van der Waals surface area contributed by atoms with Crippen molar-refractivity contribution in [2.45, 2.75) is 44.6 Å². The van der Waals surface area contributed by atoms with E-state index in [4.69, 9.17) is 0 Å². The van der Waals surface area contributed by atoms with E-state index in [0.717, 1.165) is 25.7 Å². The quantitative estimate of drug-likeness (QED) is 0.677. The van der Waals surface area contributed by atoms with Crippen LogP contribution in [0.3, 0.4) is 0 Å². The van der Waals surface area contributed by atoms with Crippen LogP contribution in [0, 0.1) is 5.92 Å². The molecule has 1 amide bonds. The van der Waals surface area contributed by atoms with Crippen molar-refractivity contribution in [3.05, 3.63) is 0 Å². The molecule has 2 rings (SSSR count). The highest BCUT2D eigenvalue weighted by Crippen LogP contribution is 2.35. The SMILES string of the molecule is CCC1CCCC2(C1)NC(=NC)NC2=O. The Hall–Kier alpha value is -1.06. The molecule has 15 heavy (non-hydrogen) atoms. The number of amides is 1. The van der Waals surface area contributed by atoms with Gasteiger partial charge in [0.2, 0.25) is 0 Å². The minimum atomic E-state index is -0.353. The second kappa shape index (κ2) is 3.83. The molecule has 2 atom stereocenters. The molecule has 4 heteroatoms. The molecular weight excluding hydrogens is 190 g/mol. The predicted octanol–water partition coefficient (Wildman–Crippen LogP) is 1.03. The molecule has 84 valence electrons. The lowest BCUT2D eigenvalue weighted by atomic mass is 9.75. The molecule has 1 aliphatic heterocycles. The minimum absolute atomic E-state index is 0.112. The third-order valence-electron chi connectivity index (χ3n) is 3.68. The molecule has 1 heterocycles. The van der Waals surface area contributed by atoms with Crippen LogP contribution in [0.15, 0.2) is 4.99 Å². The first-order chi connectivity index (χ1) is 7.20. The van der Waals surface area contributed by atoms with Crippen LogP contribution in [-0.2, 0) is 4.79 Å². The van der Waals surface area contributed by atoms with Gasteiger partial charge in [-0.05, 0) is 18.8 Å². The Morgan fingerprint density at radius 3 is 3.00 bits per heavy atom. The lowest BCUT2D eigenvalue weighted by Gasteiger charge is -2.35. The van der Waals surface area contributed by atoms with Crippen LogP contribution >= 0.6 is 0 Å². The van der Waals surface area contributed by atoms with E-state index in [2.05, 4.69) is 22.5 Å². The highest BCUT2D eigenvalue weighted by Gasteiger charge is 2.47. The average Bonchev–Trinajstić information content (AvgIpc) is 2.56. The molecule has 2 unspecified atom stereocenters. The summed E-state index contributed by atoms with van der Waals surface area (Å²) in [6.07, 6.45) is 5.44. The molecule has 0 radical (unpaired) electrons. The van der Waals surface area contributed by atoms with E-state index in [1.165, 1.54) is 6.42 Å². The van der Waals surface area contributed by atoms with Crippen LogP contribution in [0.2, 0.25) is 0 Å². The zero-order valence-corrected chi connectivity index (χ0v) is 9.47. The molecule has 1 saturated carbocycles. The molecule has 1 spiro atoms. The van der Waals surface area contributed by atoms with Crippen molar-refractivity contribution >= 4 is 11.9 Å². The van der Waals surface area contributed by atoms with E-state index < -0.39 is 0 Å². The van der Waals surface area contributed by atoms with Gasteiger partial charge in [-0.3, -0.25) is 15.1 Å². The number of guanidine groups is 1. The van der Waals surface area contributed by atoms with E-state index in [1.54, 1.807) is 7.05 Å². The minimum Gasteiger partial charge on any atom is -0.342 e. The summed E-state index contributed by atoms with van der Waals surface area (Å²) in [7, 11) is 1.70. The molecular formula is C11H19N3O. The molecule has 0 aromatic rings. The van der Waals surface area contributed by atoms with Gasteiger partial charge in [0.25, 0.3) is 5.91 Å². The molecule has 0 bridgehead atoms. The molecule has 2 fully saturated rings. The monoisotopic (exact) mass is 209 g/mol. The zero-order chi connectivity index (χ0) is 10.9. The van der Waals surface area contributed by atoms with Gasteiger partial charge in [-0.25, -0.2) is 0 Å². The van der Waals surface area contributed by atoms with Gasteiger partial charge in [0.05, 0.1) is 0 Å². The molecule has 1 saturated heterocycles. The first kappa shape index (κ1) is 10.5. The number of nitrogens with zero attached hydrogens (tertiary/aromatic N) is 1. The summed E-state index contributed by atoms with van der Waals surface area (Å²) in [6, 6.07) is 0. The van der Waals surface area contributed by atoms with Gasteiger partial charge in [0.1, 0.15) is 5.54 Å². The summed E-state index contributed by atoms with van der Waals surface area (Å²) in [6.45, 7) is 2.20. The summed E-state index contributed by atoms with van der Waals surface area (Å²) < 4.78 is 0. The van der Waals surface area contributed by atoms with Crippen LogP contribution < -0.4 is 10.6 Å². The second-order valence-corrected chi connectivity index (χ2v) is 4.60. The van der Waals surface area contributed by atoms with Crippen molar-refractivity contribution in [2.75, 3.05) is 7.05 Å². The smallest absolute Gasteiger partial charge is 0.252 e. The largest absolute Gasteiger partial charge is 0.342 e.